The summed E-state index contributed by atoms with van der Waals surface area (Å²) in [6, 6.07) is 13.5. The van der Waals surface area contributed by atoms with Gasteiger partial charge in [-0.15, -0.1) is 0 Å². The van der Waals surface area contributed by atoms with Crippen molar-refractivity contribution < 1.29 is 14.7 Å². The second kappa shape index (κ2) is 9.35. The predicted molar refractivity (Wildman–Crippen MR) is 135 cm³/mol. The van der Waals surface area contributed by atoms with Crippen LogP contribution in [0, 0.1) is 11.8 Å². The summed E-state index contributed by atoms with van der Waals surface area (Å²) in [5, 5.41) is 13.2. The first-order valence-corrected chi connectivity index (χ1v) is 12.3. The number of carbonyl (C=O) groups excluding carboxylic acids is 2. The highest BCUT2D eigenvalue weighted by Gasteiger charge is 2.25. The maximum absolute atomic E-state index is 13.2. The number of hydrogen-bond donors (Lipinski definition) is 2. The van der Waals surface area contributed by atoms with Gasteiger partial charge in [-0.1, -0.05) is 58.8 Å². The number of aliphatic hydroxyl groups is 1. The van der Waals surface area contributed by atoms with Crippen molar-refractivity contribution in [3.8, 4) is 11.8 Å². The summed E-state index contributed by atoms with van der Waals surface area (Å²) in [5.74, 6) is 5.06. The van der Waals surface area contributed by atoms with Gasteiger partial charge in [0, 0.05) is 25.6 Å². The van der Waals surface area contributed by atoms with Crippen molar-refractivity contribution in [3.63, 3.8) is 0 Å². The van der Waals surface area contributed by atoms with E-state index in [0.717, 1.165) is 27.8 Å². The van der Waals surface area contributed by atoms with Crippen molar-refractivity contribution >= 4 is 54.8 Å². The molecule has 2 aromatic carbocycles. The fourth-order valence-electron chi connectivity index (χ4n) is 3.93. The predicted octanol–water partition coefficient (Wildman–Crippen LogP) is 4.11. The van der Waals surface area contributed by atoms with Gasteiger partial charge >= 0.3 is 0 Å². The van der Waals surface area contributed by atoms with Gasteiger partial charge in [-0.25, -0.2) is 9.97 Å². The minimum absolute atomic E-state index is 0.168. The van der Waals surface area contributed by atoms with E-state index in [0.29, 0.717) is 39.5 Å². The Morgan fingerprint density at radius 3 is 2.79 bits per heavy atom. The van der Waals surface area contributed by atoms with Crippen LogP contribution in [0.1, 0.15) is 43.8 Å². The summed E-state index contributed by atoms with van der Waals surface area (Å²) in [7, 11) is 0. The number of rotatable bonds is 4. The van der Waals surface area contributed by atoms with Crippen molar-refractivity contribution in [3.05, 3.63) is 69.7 Å². The summed E-state index contributed by atoms with van der Waals surface area (Å²) < 4.78 is 1.02. The van der Waals surface area contributed by atoms with Crippen molar-refractivity contribution in [1.82, 2.24) is 9.97 Å². The fraction of sp³-hybridized carbons (Fsp3) is 0.200. The maximum atomic E-state index is 13.2. The third kappa shape index (κ3) is 4.31. The zero-order valence-corrected chi connectivity index (χ0v) is 19.9. The van der Waals surface area contributed by atoms with Crippen LogP contribution in [0.5, 0.6) is 0 Å². The second-order valence-electron chi connectivity index (χ2n) is 7.75. The second-order valence-corrected chi connectivity index (χ2v) is 9.75. The summed E-state index contributed by atoms with van der Waals surface area (Å²) in [6.07, 6.45) is 0.754. The van der Waals surface area contributed by atoms with Gasteiger partial charge in [0.05, 0.1) is 10.2 Å². The Kier molecular flexibility index (Phi) is 6.11. The van der Waals surface area contributed by atoms with E-state index >= 15 is 0 Å². The molecule has 0 bridgehead atoms. The molecule has 0 spiro atoms. The topological polar surface area (TPSA) is 95.4 Å². The number of amides is 1. The molecule has 0 fully saturated rings. The van der Waals surface area contributed by atoms with Crippen molar-refractivity contribution in [1.29, 1.82) is 0 Å². The van der Waals surface area contributed by atoms with Gasteiger partial charge in [-0.05, 0) is 35.7 Å². The molecule has 7 nitrogen and oxygen atoms in total. The van der Waals surface area contributed by atoms with Crippen LogP contribution in [-0.4, -0.2) is 39.9 Å². The first kappa shape index (κ1) is 22.2. The molecule has 1 aliphatic rings. The number of aromatic nitrogens is 2. The Morgan fingerprint density at radius 1 is 1.15 bits per heavy atom. The van der Waals surface area contributed by atoms with Crippen LogP contribution in [-0.2, 0) is 13.0 Å². The lowest BCUT2D eigenvalue weighted by Crippen LogP contribution is -2.32. The first-order valence-electron chi connectivity index (χ1n) is 10.7. The fourth-order valence-corrected chi connectivity index (χ4v) is 5.81. The normalized spacial score (nSPS) is 12.7. The Bertz CT molecular complexity index is 1450. The molecule has 1 amide bonds. The number of benzene rings is 2. The van der Waals surface area contributed by atoms with E-state index in [1.165, 1.54) is 29.6 Å². The zero-order chi connectivity index (χ0) is 23.7. The monoisotopic (exact) mass is 488 g/mol. The number of para-hydroxylation sites is 1. The molecule has 1 aliphatic heterocycles. The highest BCUT2D eigenvalue weighted by atomic mass is 32.1. The van der Waals surface area contributed by atoms with E-state index in [-0.39, 0.29) is 18.3 Å². The standard InChI is InChI=1S/C25H20N4O3S2/c1-15(31)22-21(10-5-13-30)34-25(27-22)29-12-11-16-6-4-7-17(18(16)14-29)23(32)28-24-26-19-8-2-3-9-20(19)33-24/h2-4,6-9,30H,11-14H2,1H3,(H,26,28,32). The Morgan fingerprint density at radius 2 is 2.00 bits per heavy atom. The van der Waals surface area contributed by atoms with Gasteiger partial charge in [0.15, 0.2) is 16.0 Å². The molecule has 4 aromatic rings. The van der Waals surface area contributed by atoms with Gasteiger partial charge in [-0.3, -0.25) is 14.9 Å². The number of anilines is 2. The smallest absolute Gasteiger partial charge is 0.257 e. The van der Waals surface area contributed by atoms with Gasteiger partial charge < -0.3 is 10.0 Å². The van der Waals surface area contributed by atoms with E-state index in [9.17, 15) is 9.59 Å². The molecule has 0 aliphatic carbocycles. The van der Waals surface area contributed by atoms with Crippen LogP contribution in [0.2, 0.25) is 0 Å². The Labute approximate surface area is 204 Å². The number of Topliss-reactive ketones (excluding diaryl/α,β-unsaturated/α-hetero) is 1. The van der Waals surface area contributed by atoms with Gasteiger partial charge in [0.25, 0.3) is 5.91 Å². The molecule has 5 rings (SSSR count). The number of aliphatic hydroxyl groups excluding tert-OH is 1. The average Bonchev–Trinajstić information content (AvgIpc) is 3.45. The maximum Gasteiger partial charge on any atom is 0.257 e. The summed E-state index contributed by atoms with van der Waals surface area (Å²) in [4.78, 5) is 36.9. The van der Waals surface area contributed by atoms with E-state index in [2.05, 4.69) is 32.0 Å². The molecule has 34 heavy (non-hydrogen) atoms. The average molecular weight is 489 g/mol. The highest BCUT2D eigenvalue weighted by Crippen LogP contribution is 2.32. The van der Waals surface area contributed by atoms with E-state index in [1.807, 2.05) is 42.5 Å². The van der Waals surface area contributed by atoms with Gasteiger partial charge in [-0.2, -0.15) is 0 Å². The number of thiazole rings is 2. The van der Waals surface area contributed by atoms with Crippen molar-refractivity contribution in [2.24, 2.45) is 0 Å². The lowest BCUT2D eigenvalue weighted by Gasteiger charge is -2.29. The lowest BCUT2D eigenvalue weighted by atomic mass is 9.94. The number of nitrogens with one attached hydrogen (secondary N) is 1. The summed E-state index contributed by atoms with van der Waals surface area (Å²) >= 11 is 2.77. The SMILES string of the molecule is CC(=O)c1nc(N2CCc3cccc(C(=O)Nc4nc5ccccc5s4)c3C2)sc1C#CCO. The molecule has 3 heterocycles. The Hall–Kier alpha value is -3.58. The molecule has 0 atom stereocenters. The number of carbonyl (C=O) groups is 2. The molecule has 170 valence electrons. The first-order chi connectivity index (χ1) is 16.5. The van der Waals surface area contributed by atoms with E-state index < -0.39 is 0 Å². The number of ketones is 1. The molecule has 2 aromatic heterocycles. The van der Waals surface area contributed by atoms with Gasteiger partial charge in [0.1, 0.15) is 17.2 Å². The summed E-state index contributed by atoms with van der Waals surface area (Å²) in [5.41, 5.74) is 3.83. The molecule has 2 N–H and O–H groups in total. The van der Waals surface area contributed by atoms with Crippen LogP contribution in [0.15, 0.2) is 42.5 Å². The molecular formula is C25H20N4O3S2. The van der Waals surface area contributed by atoms with Crippen LogP contribution >= 0.6 is 22.7 Å². The zero-order valence-electron chi connectivity index (χ0n) is 18.3. The van der Waals surface area contributed by atoms with Crippen LogP contribution in [0.4, 0.5) is 10.3 Å². The molecule has 9 heteroatoms. The summed E-state index contributed by atoms with van der Waals surface area (Å²) in [6.45, 7) is 2.39. The lowest BCUT2D eigenvalue weighted by molar-refractivity contribution is 0.100. The van der Waals surface area contributed by atoms with Crippen LogP contribution in [0.25, 0.3) is 10.2 Å². The van der Waals surface area contributed by atoms with E-state index in [4.69, 9.17) is 5.11 Å². The number of hydrogen-bond acceptors (Lipinski definition) is 8. The highest BCUT2D eigenvalue weighted by molar-refractivity contribution is 7.22. The van der Waals surface area contributed by atoms with Crippen molar-refractivity contribution in [2.45, 2.75) is 19.9 Å². The minimum atomic E-state index is -0.283. The Balaban J connectivity index is 1.43. The number of fused-ring (bicyclic) bond motifs is 2. The molecule has 0 radical (unpaired) electrons. The molecular weight excluding hydrogens is 468 g/mol. The molecule has 0 saturated carbocycles. The molecule has 0 saturated heterocycles. The largest absolute Gasteiger partial charge is 0.384 e. The molecule has 0 unspecified atom stereocenters. The third-order valence-corrected chi connectivity index (χ3v) is 7.52. The van der Waals surface area contributed by atoms with Crippen molar-refractivity contribution in [2.75, 3.05) is 23.4 Å². The van der Waals surface area contributed by atoms with Gasteiger partial charge in [0.2, 0.25) is 0 Å². The van der Waals surface area contributed by atoms with E-state index in [1.54, 1.807) is 0 Å². The van der Waals surface area contributed by atoms with Crippen LogP contribution in [0.3, 0.4) is 0 Å². The third-order valence-electron chi connectivity index (χ3n) is 5.53. The minimum Gasteiger partial charge on any atom is -0.384 e. The quantitative estimate of drug-likeness (QED) is 0.332. The number of nitrogens with zero attached hydrogens (tertiary/aromatic N) is 3. The van der Waals surface area contributed by atoms with Crippen LogP contribution < -0.4 is 10.2 Å².